The van der Waals surface area contributed by atoms with E-state index in [1.807, 2.05) is 0 Å². The van der Waals surface area contributed by atoms with Crippen LogP contribution in [0.25, 0.3) is 0 Å². The van der Waals surface area contributed by atoms with Gasteiger partial charge in [0, 0.05) is 23.4 Å². The van der Waals surface area contributed by atoms with Crippen LogP contribution in [0.4, 0.5) is 5.69 Å². The smallest absolute Gasteiger partial charge is 0.248 e. The normalized spacial score (nSPS) is 14.9. The molecule has 1 fully saturated rings. The average molecular weight is 247 g/mol. The highest BCUT2D eigenvalue weighted by Crippen LogP contribution is 2.26. The Hall–Kier alpha value is -2.04. The number of nitrogens with one attached hydrogen (secondary N) is 1. The maximum atomic E-state index is 11.2. The molecular formula is C13H17N3O2. The Morgan fingerprint density at radius 1 is 1.11 bits per heavy atom. The molecule has 0 atom stereocenters. The summed E-state index contributed by atoms with van der Waals surface area (Å²) in [5.41, 5.74) is 11.8. The van der Waals surface area contributed by atoms with Gasteiger partial charge in [0.15, 0.2) is 0 Å². The van der Waals surface area contributed by atoms with Crippen LogP contribution in [-0.4, -0.2) is 18.4 Å². The number of primary amides is 2. The summed E-state index contributed by atoms with van der Waals surface area (Å²) in [5.74, 6) is -0.450. The van der Waals surface area contributed by atoms with Gasteiger partial charge in [-0.25, -0.2) is 0 Å². The molecule has 0 saturated heterocycles. The lowest BCUT2D eigenvalue weighted by molar-refractivity contribution is 0.0999. The molecular weight excluding hydrogens is 230 g/mol. The van der Waals surface area contributed by atoms with Crippen molar-refractivity contribution < 1.29 is 9.59 Å². The van der Waals surface area contributed by atoms with E-state index in [0.717, 1.165) is 6.54 Å². The molecule has 1 aromatic carbocycles. The van der Waals surface area contributed by atoms with Crippen LogP contribution < -0.4 is 16.8 Å². The molecule has 0 aliphatic heterocycles. The second-order valence-corrected chi connectivity index (χ2v) is 4.71. The fourth-order valence-corrected chi connectivity index (χ4v) is 1.97. The van der Waals surface area contributed by atoms with Crippen molar-refractivity contribution in [3.05, 3.63) is 29.3 Å². The molecule has 0 aromatic heterocycles. The zero-order valence-corrected chi connectivity index (χ0v) is 10.1. The lowest BCUT2D eigenvalue weighted by Crippen LogP contribution is -2.22. The third-order valence-corrected chi connectivity index (χ3v) is 3.32. The summed E-state index contributed by atoms with van der Waals surface area (Å²) in [5, 5.41) is 3.22. The number of hydrogen-bond acceptors (Lipinski definition) is 3. The number of carbonyl (C=O) groups is 2. The monoisotopic (exact) mass is 247 g/mol. The molecule has 0 spiro atoms. The Labute approximate surface area is 106 Å². The summed E-state index contributed by atoms with van der Waals surface area (Å²) in [6.07, 6.45) is 3.73. The summed E-state index contributed by atoms with van der Waals surface area (Å²) in [4.78, 5) is 22.4. The molecule has 2 amide bonds. The van der Waals surface area contributed by atoms with Crippen LogP contribution in [0.1, 0.15) is 40.0 Å². The highest BCUT2D eigenvalue weighted by Gasteiger charge is 2.17. The van der Waals surface area contributed by atoms with Gasteiger partial charge in [-0.3, -0.25) is 9.59 Å². The Kier molecular flexibility index (Phi) is 3.50. The van der Waals surface area contributed by atoms with Crippen LogP contribution in [0, 0.1) is 5.92 Å². The maximum Gasteiger partial charge on any atom is 0.248 e. The summed E-state index contributed by atoms with van der Waals surface area (Å²) >= 11 is 0. The number of anilines is 1. The Morgan fingerprint density at radius 3 is 2.06 bits per heavy atom. The lowest BCUT2D eigenvalue weighted by Gasteiger charge is -2.26. The number of amides is 2. The summed E-state index contributed by atoms with van der Waals surface area (Å²) in [6, 6.07) is 4.71. The van der Waals surface area contributed by atoms with E-state index in [1.54, 1.807) is 12.1 Å². The number of nitrogens with two attached hydrogens (primary N) is 2. The lowest BCUT2D eigenvalue weighted by atomic mass is 9.85. The van der Waals surface area contributed by atoms with Crippen LogP contribution in [0.5, 0.6) is 0 Å². The first kappa shape index (κ1) is 12.4. The van der Waals surface area contributed by atoms with Crippen molar-refractivity contribution in [3.8, 4) is 0 Å². The number of carbonyl (C=O) groups excluding carboxylic acids is 2. The molecule has 0 bridgehead atoms. The molecule has 1 aliphatic rings. The molecule has 1 saturated carbocycles. The number of rotatable bonds is 5. The minimum atomic E-state index is -0.565. The van der Waals surface area contributed by atoms with Gasteiger partial charge in [-0.1, -0.05) is 6.42 Å². The predicted octanol–water partition coefficient (Wildman–Crippen LogP) is 1.10. The fraction of sp³-hybridized carbons (Fsp3) is 0.385. The van der Waals surface area contributed by atoms with Crippen LogP contribution in [0.3, 0.4) is 0 Å². The molecule has 5 nitrogen and oxygen atoms in total. The molecule has 5 heteroatoms. The first-order valence-corrected chi connectivity index (χ1v) is 6.05. The van der Waals surface area contributed by atoms with Crippen molar-refractivity contribution in [1.29, 1.82) is 0 Å². The maximum absolute atomic E-state index is 11.2. The van der Waals surface area contributed by atoms with E-state index < -0.39 is 11.8 Å². The molecule has 96 valence electrons. The first-order chi connectivity index (χ1) is 8.56. The van der Waals surface area contributed by atoms with Gasteiger partial charge in [0.25, 0.3) is 0 Å². The van der Waals surface area contributed by atoms with Gasteiger partial charge in [0.2, 0.25) is 11.8 Å². The SMILES string of the molecule is NC(=O)c1cc(NCC2CCC2)cc(C(N)=O)c1. The van der Waals surface area contributed by atoms with Gasteiger partial charge in [-0.15, -0.1) is 0 Å². The van der Waals surface area contributed by atoms with Crippen LogP contribution in [-0.2, 0) is 0 Å². The highest BCUT2D eigenvalue weighted by molar-refractivity contribution is 5.99. The molecule has 5 N–H and O–H groups in total. The zero-order valence-electron chi connectivity index (χ0n) is 10.1. The molecule has 18 heavy (non-hydrogen) atoms. The summed E-state index contributed by atoms with van der Waals surface area (Å²) < 4.78 is 0. The standard InChI is InChI=1S/C13H17N3O2/c14-12(17)9-4-10(13(15)18)6-11(5-9)16-7-8-2-1-3-8/h4-6,8,16H,1-3,7H2,(H2,14,17)(H2,15,18). The quantitative estimate of drug-likeness (QED) is 0.726. The molecule has 0 heterocycles. The van der Waals surface area contributed by atoms with E-state index in [0.29, 0.717) is 22.7 Å². The summed E-state index contributed by atoms with van der Waals surface area (Å²) in [7, 11) is 0. The number of hydrogen-bond donors (Lipinski definition) is 3. The predicted molar refractivity (Wildman–Crippen MR) is 69.3 cm³/mol. The molecule has 0 unspecified atom stereocenters. The third-order valence-electron chi connectivity index (χ3n) is 3.32. The van der Waals surface area contributed by atoms with E-state index >= 15 is 0 Å². The second-order valence-electron chi connectivity index (χ2n) is 4.71. The van der Waals surface area contributed by atoms with E-state index in [4.69, 9.17) is 11.5 Å². The van der Waals surface area contributed by atoms with E-state index in [1.165, 1.54) is 25.3 Å². The van der Waals surface area contributed by atoms with Crippen LogP contribution in [0.15, 0.2) is 18.2 Å². The molecule has 2 rings (SSSR count). The van der Waals surface area contributed by atoms with Gasteiger partial charge in [-0.05, 0) is 37.0 Å². The largest absolute Gasteiger partial charge is 0.385 e. The zero-order chi connectivity index (χ0) is 13.1. The van der Waals surface area contributed by atoms with Gasteiger partial charge in [0.1, 0.15) is 0 Å². The minimum absolute atomic E-state index is 0.294. The van der Waals surface area contributed by atoms with Gasteiger partial charge >= 0.3 is 0 Å². The van der Waals surface area contributed by atoms with E-state index in [2.05, 4.69) is 5.32 Å². The van der Waals surface area contributed by atoms with Crippen molar-refractivity contribution in [2.24, 2.45) is 17.4 Å². The highest BCUT2D eigenvalue weighted by atomic mass is 16.1. The summed E-state index contributed by atoms with van der Waals surface area (Å²) in [6.45, 7) is 0.848. The Morgan fingerprint density at radius 2 is 1.67 bits per heavy atom. The minimum Gasteiger partial charge on any atom is -0.385 e. The number of benzene rings is 1. The van der Waals surface area contributed by atoms with Gasteiger partial charge in [0.05, 0.1) is 0 Å². The fourth-order valence-electron chi connectivity index (χ4n) is 1.97. The average Bonchev–Trinajstić information content (AvgIpc) is 2.26. The van der Waals surface area contributed by atoms with Crippen molar-refractivity contribution in [2.75, 3.05) is 11.9 Å². The Bertz CT molecular complexity index is 449. The van der Waals surface area contributed by atoms with E-state index in [9.17, 15) is 9.59 Å². The molecule has 1 aliphatic carbocycles. The topological polar surface area (TPSA) is 98.2 Å². The second kappa shape index (κ2) is 5.08. The van der Waals surface area contributed by atoms with Crippen molar-refractivity contribution in [2.45, 2.75) is 19.3 Å². The van der Waals surface area contributed by atoms with Crippen LogP contribution in [0.2, 0.25) is 0 Å². The van der Waals surface area contributed by atoms with Crippen molar-refractivity contribution in [3.63, 3.8) is 0 Å². The first-order valence-electron chi connectivity index (χ1n) is 6.05. The van der Waals surface area contributed by atoms with Crippen molar-refractivity contribution >= 4 is 17.5 Å². The third kappa shape index (κ3) is 2.80. The van der Waals surface area contributed by atoms with Gasteiger partial charge < -0.3 is 16.8 Å². The van der Waals surface area contributed by atoms with Gasteiger partial charge in [-0.2, -0.15) is 0 Å². The Balaban J connectivity index is 2.16. The van der Waals surface area contributed by atoms with Crippen LogP contribution >= 0.6 is 0 Å². The van der Waals surface area contributed by atoms with Crippen molar-refractivity contribution in [1.82, 2.24) is 0 Å². The molecule has 0 radical (unpaired) electrons. The van der Waals surface area contributed by atoms with E-state index in [-0.39, 0.29) is 0 Å². The molecule has 1 aromatic rings.